The molecule has 172 valence electrons. The first-order valence-corrected chi connectivity index (χ1v) is 14.1. The van der Waals surface area contributed by atoms with Crippen molar-refractivity contribution in [1.82, 2.24) is 0 Å². The van der Waals surface area contributed by atoms with Crippen LogP contribution in [0.1, 0.15) is 152 Å². The minimum atomic E-state index is 0.309. The Kier molecular flexibility index (Phi) is 9.06. The number of hydrogen-bond donors (Lipinski definition) is 0. The van der Waals surface area contributed by atoms with Gasteiger partial charge >= 0.3 is 200 Å². The second-order valence-corrected chi connectivity index (χ2v) is 13.2. The van der Waals surface area contributed by atoms with Gasteiger partial charge in [-0.15, -0.1) is 0 Å². The quantitative estimate of drug-likeness (QED) is 0.332. The molecule has 2 rings (SSSR count). The first-order valence-electron chi connectivity index (χ1n) is 12.4. The molecular formula is C30H46Se. The molecule has 0 radical (unpaired) electrons. The SMILES string of the molecule is CC(C)c1cc(C(C)C)c([Se]c2c(C(C)C)cc(C(C)C)cc2C(C)C)c(C(C)C)c1. The van der Waals surface area contributed by atoms with Crippen LogP contribution in [0.4, 0.5) is 0 Å². The summed E-state index contributed by atoms with van der Waals surface area (Å²) in [6.07, 6.45) is 0. The van der Waals surface area contributed by atoms with Gasteiger partial charge in [0.15, 0.2) is 0 Å². The van der Waals surface area contributed by atoms with E-state index < -0.39 is 0 Å². The van der Waals surface area contributed by atoms with Gasteiger partial charge in [0.05, 0.1) is 0 Å². The normalized spacial score (nSPS) is 12.5. The van der Waals surface area contributed by atoms with E-state index in [4.69, 9.17) is 0 Å². The van der Waals surface area contributed by atoms with Crippen LogP contribution in [-0.4, -0.2) is 15.0 Å². The topological polar surface area (TPSA) is 0 Å². The number of rotatable bonds is 8. The molecule has 0 unspecified atom stereocenters. The second-order valence-electron chi connectivity index (χ2n) is 11.1. The van der Waals surface area contributed by atoms with Crippen molar-refractivity contribution in [3.8, 4) is 0 Å². The molecule has 0 saturated carbocycles. The molecule has 0 amide bonds. The molecule has 0 fully saturated rings. The molecule has 0 aliphatic rings. The van der Waals surface area contributed by atoms with Crippen LogP contribution in [0.5, 0.6) is 0 Å². The van der Waals surface area contributed by atoms with Gasteiger partial charge in [-0.3, -0.25) is 0 Å². The van der Waals surface area contributed by atoms with E-state index >= 15 is 0 Å². The second kappa shape index (κ2) is 10.7. The zero-order chi connectivity index (χ0) is 23.6. The fourth-order valence-electron chi connectivity index (χ4n) is 4.12. The Bertz CT molecular complexity index is 750. The monoisotopic (exact) mass is 486 g/mol. The number of benzene rings is 2. The Balaban J connectivity index is 2.83. The molecular weight excluding hydrogens is 439 g/mol. The van der Waals surface area contributed by atoms with Crippen LogP contribution in [0.2, 0.25) is 0 Å². The van der Waals surface area contributed by atoms with Gasteiger partial charge < -0.3 is 0 Å². The first kappa shape index (κ1) is 26.2. The summed E-state index contributed by atoms with van der Waals surface area (Å²) < 4.78 is 3.28. The summed E-state index contributed by atoms with van der Waals surface area (Å²) in [6, 6.07) is 10.1. The molecule has 0 nitrogen and oxygen atoms in total. The van der Waals surface area contributed by atoms with Gasteiger partial charge in [0.2, 0.25) is 0 Å². The molecule has 2 aromatic rings. The van der Waals surface area contributed by atoms with Crippen LogP contribution in [0.25, 0.3) is 0 Å². The summed E-state index contributed by atoms with van der Waals surface area (Å²) in [5.41, 5.74) is 9.30. The maximum atomic E-state index is 2.52. The molecule has 0 aliphatic carbocycles. The molecule has 0 saturated heterocycles. The zero-order valence-corrected chi connectivity index (χ0v) is 23.9. The summed E-state index contributed by atoms with van der Waals surface area (Å²) in [5, 5.41) is 0. The van der Waals surface area contributed by atoms with Crippen LogP contribution in [0.15, 0.2) is 24.3 Å². The van der Waals surface area contributed by atoms with Crippen molar-refractivity contribution in [1.29, 1.82) is 0 Å². The van der Waals surface area contributed by atoms with Gasteiger partial charge in [-0.2, -0.15) is 0 Å². The van der Waals surface area contributed by atoms with Crippen molar-refractivity contribution in [3.63, 3.8) is 0 Å². The van der Waals surface area contributed by atoms with Crippen LogP contribution in [-0.2, 0) is 0 Å². The molecule has 31 heavy (non-hydrogen) atoms. The summed E-state index contributed by atoms with van der Waals surface area (Å²) in [5.74, 6) is 3.33. The van der Waals surface area contributed by atoms with E-state index in [1.54, 1.807) is 31.2 Å². The van der Waals surface area contributed by atoms with Crippen molar-refractivity contribution in [2.24, 2.45) is 0 Å². The van der Waals surface area contributed by atoms with Crippen LogP contribution in [0, 0.1) is 0 Å². The van der Waals surface area contributed by atoms with Crippen LogP contribution >= 0.6 is 0 Å². The van der Waals surface area contributed by atoms with E-state index in [2.05, 4.69) is 107 Å². The average Bonchev–Trinajstić information content (AvgIpc) is 2.66. The van der Waals surface area contributed by atoms with Crippen molar-refractivity contribution < 1.29 is 0 Å². The van der Waals surface area contributed by atoms with E-state index in [9.17, 15) is 0 Å². The Morgan fingerprint density at radius 1 is 0.387 bits per heavy atom. The predicted octanol–water partition coefficient (Wildman–Crippen LogP) is 8.08. The van der Waals surface area contributed by atoms with Crippen molar-refractivity contribution in [2.45, 2.75) is 119 Å². The third-order valence-corrected chi connectivity index (χ3v) is 9.20. The van der Waals surface area contributed by atoms with Crippen molar-refractivity contribution in [3.05, 3.63) is 57.6 Å². The van der Waals surface area contributed by atoms with E-state index in [0.29, 0.717) is 50.5 Å². The summed E-state index contributed by atoms with van der Waals surface area (Å²) in [6.45, 7) is 28.3. The predicted molar refractivity (Wildman–Crippen MR) is 142 cm³/mol. The summed E-state index contributed by atoms with van der Waals surface area (Å²) in [4.78, 5) is 0. The van der Waals surface area contributed by atoms with Crippen molar-refractivity contribution in [2.75, 3.05) is 0 Å². The third kappa shape index (κ3) is 6.05. The fraction of sp³-hybridized carbons (Fsp3) is 0.600. The molecule has 0 aliphatic heterocycles. The third-order valence-electron chi connectivity index (χ3n) is 6.36. The van der Waals surface area contributed by atoms with Gasteiger partial charge in [-0.1, -0.05) is 0 Å². The van der Waals surface area contributed by atoms with Crippen LogP contribution in [0.3, 0.4) is 0 Å². The number of hydrogen-bond acceptors (Lipinski definition) is 0. The Hall–Kier alpha value is -1.04. The van der Waals surface area contributed by atoms with Gasteiger partial charge in [-0.05, 0) is 0 Å². The zero-order valence-electron chi connectivity index (χ0n) is 22.2. The molecule has 0 spiro atoms. The van der Waals surface area contributed by atoms with E-state index in [1.165, 1.54) is 11.1 Å². The first-order chi connectivity index (χ1) is 14.3. The molecule has 0 heterocycles. The Morgan fingerprint density at radius 2 is 0.613 bits per heavy atom. The van der Waals surface area contributed by atoms with E-state index in [-0.39, 0.29) is 0 Å². The van der Waals surface area contributed by atoms with Gasteiger partial charge in [0.1, 0.15) is 0 Å². The fourth-order valence-corrected chi connectivity index (χ4v) is 8.01. The Labute approximate surface area is 199 Å². The molecule has 1 heteroatoms. The molecule has 0 atom stereocenters. The Morgan fingerprint density at radius 3 is 0.774 bits per heavy atom. The van der Waals surface area contributed by atoms with Gasteiger partial charge in [0, 0.05) is 0 Å². The van der Waals surface area contributed by atoms with Crippen LogP contribution < -0.4 is 8.92 Å². The minimum absolute atomic E-state index is 0.309. The molecule has 2 aromatic carbocycles. The molecule has 0 bridgehead atoms. The molecule has 0 N–H and O–H groups in total. The van der Waals surface area contributed by atoms with E-state index in [0.717, 1.165) is 0 Å². The standard InChI is InChI=1S/C30H46Se/c1-17(2)23-13-25(19(5)6)29(26(14-23)20(7)8)31-30-27(21(9)10)15-24(18(3)4)16-28(30)22(11)12/h13-22H,1-12H3. The van der Waals surface area contributed by atoms with Gasteiger partial charge in [0.25, 0.3) is 0 Å². The van der Waals surface area contributed by atoms with Crippen molar-refractivity contribution >= 4 is 23.9 Å². The summed E-state index contributed by atoms with van der Waals surface area (Å²) >= 11 is 0.309. The maximum absolute atomic E-state index is 2.52. The summed E-state index contributed by atoms with van der Waals surface area (Å²) in [7, 11) is 0. The average molecular weight is 486 g/mol. The molecule has 0 aromatic heterocycles. The van der Waals surface area contributed by atoms with E-state index in [1.807, 2.05) is 0 Å². The van der Waals surface area contributed by atoms with Gasteiger partial charge in [-0.25, -0.2) is 0 Å².